The van der Waals surface area contributed by atoms with E-state index in [0.29, 0.717) is 22.4 Å². The van der Waals surface area contributed by atoms with Crippen LogP contribution in [0.15, 0.2) is 42.5 Å². The molecule has 2 aromatic rings. The van der Waals surface area contributed by atoms with E-state index in [0.717, 1.165) is 5.56 Å². The van der Waals surface area contributed by atoms with Gasteiger partial charge in [-0.3, -0.25) is 29.3 Å². The lowest BCUT2D eigenvalue weighted by Crippen LogP contribution is -2.52. The zero-order chi connectivity index (χ0) is 24.7. The van der Waals surface area contributed by atoms with Gasteiger partial charge in [0.15, 0.2) is 6.61 Å². The number of imide groups is 1. The Labute approximate surface area is 200 Å². The third kappa shape index (κ3) is 4.11. The summed E-state index contributed by atoms with van der Waals surface area (Å²) in [6, 6.07) is 11.3. The van der Waals surface area contributed by atoms with E-state index in [-0.39, 0.29) is 56.8 Å². The number of hydrogen-bond acceptors (Lipinski definition) is 6. The normalized spacial score (nSPS) is 21.3. The number of piperidine rings is 1. The molecule has 2 N–H and O–H groups in total. The van der Waals surface area contributed by atoms with Crippen molar-refractivity contribution in [3.63, 3.8) is 0 Å². The van der Waals surface area contributed by atoms with Crippen LogP contribution in [0.5, 0.6) is 5.75 Å². The molecular formula is C25H23N3O7. The van der Waals surface area contributed by atoms with Crippen LogP contribution in [-0.4, -0.2) is 63.7 Å². The molecule has 3 aliphatic rings. The molecule has 0 aliphatic carbocycles. The largest absolute Gasteiger partial charge is 0.483 e. The van der Waals surface area contributed by atoms with Gasteiger partial charge in [-0.15, -0.1) is 0 Å². The van der Waals surface area contributed by atoms with Crippen molar-refractivity contribution < 1.29 is 33.8 Å². The maximum absolute atomic E-state index is 13.0. The first-order valence-corrected chi connectivity index (χ1v) is 11.3. The van der Waals surface area contributed by atoms with Crippen molar-refractivity contribution >= 4 is 29.6 Å². The smallest absolute Gasteiger partial charge is 0.312 e. The summed E-state index contributed by atoms with van der Waals surface area (Å²) in [7, 11) is 0. The highest BCUT2D eigenvalue weighted by Gasteiger charge is 2.40. The van der Waals surface area contributed by atoms with Gasteiger partial charge in [0.1, 0.15) is 11.8 Å². The third-order valence-electron chi connectivity index (χ3n) is 6.74. The molecule has 0 bridgehead atoms. The van der Waals surface area contributed by atoms with Gasteiger partial charge in [0.25, 0.3) is 11.8 Å². The Morgan fingerprint density at radius 1 is 1.06 bits per heavy atom. The Morgan fingerprint density at radius 3 is 2.63 bits per heavy atom. The van der Waals surface area contributed by atoms with Crippen LogP contribution >= 0.6 is 0 Å². The highest BCUT2D eigenvalue weighted by Crippen LogP contribution is 2.34. The Kier molecular flexibility index (Phi) is 5.72. The lowest BCUT2D eigenvalue weighted by atomic mass is 9.90. The molecule has 10 heteroatoms. The number of ether oxygens (including phenoxy) is 1. The number of rotatable bonds is 5. The summed E-state index contributed by atoms with van der Waals surface area (Å²) in [5.74, 6) is -3.01. The number of benzene rings is 2. The number of carboxylic acid groups (broad SMARTS) is 1. The average molecular weight is 477 g/mol. The van der Waals surface area contributed by atoms with Crippen molar-refractivity contribution in [1.82, 2.24) is 15.1 Å². The van der Waals surface area contributed by atoms with Gasteiger partial charge < -0.3 is 19.6 Å². The van der Waals surface area contributed by atoms with Crippen LogP contribution in [0.25, 0.3) is 0 Å². The molecule has 3 aliphatic heterocycles. The van der Waals surface area contributed by atoms with Gasteiger partial charge in [0.2, 0.25) is 11.8 Å². The number of carbonyl (C=O) groups is 5. The van der Waals surface area contributed by atoms with E-state index in [4.69, 9.17) is 4.74 Å². The van der Waals surface area contributed by atoms with Crippen LogP contribution in [0.2, 0.25) is 0 Å². The highest BCUT2D eigenvalue weighted by molar-refractivity contribution is 6.05. The minimum atomic E-state index is -0.996. The Bertz CT molecular complexity index is 1260. The van der Waals surface area contributed by atoms with Crippen molar-refractivity contribution in [1.29, 1.82) is 0 Å². The molecule has 2 aromatic carbocycles. The summed E-state index contributed by atoms with van der Waals surface area (Å²) in [5.41, 5.74) is 2.45. The second-order valence-corrected chi connectivity index (χ2v) is 8.83. The second-order valence-electron chi connectivity index (χ2n) is 8.83. The number of nitrogens with one attached hydrogen (secondary N) is 1. The van der Waals surface area contributed by atoms with Crippen molar-refractivity contribution in [3.8, 4) is 5.75 Å². The predicted octanol–water partition coefficient (Wildman–Crippen LogP) is 1.04. The maximum atomic E-state index is 13.0. The monoisotopic (exact) mass is 477 g/mol. The first-order chi connectivity index (χ1) is 16.8. The fourth-order valence-electron chi connectivity index (χ4n) is 4.93. The van der Waals surface area contributed by atoms with Gasteiger partial charge in [-0.25, -0.2) is 0 Å². The Hall–Kier alpha value is -4.21. The van der Waals surface area contributed by atoms with Gasteiger partial charge in [-0.1, -0.05) is 30.3 Å². The van der Waals surface area contributed by atoms with Crippen molar-refractivity contribution in [2.45, 2.75) is 37.9 Å². The quantitative estimate of drug-likeness (QED) is 0.615. The molecule has 3 heterocycles. The molecule has 35 heavy (non-hydrogen) atoms. The molecule has 0 aromatic heterocycles. The predicted molar refractivity (Wildman–Crippen MR) is 120 cm³/mol. The molecule has 1 saturated heterocycles. The number of aliphatic carboxylic acids is 1. The standard InChI is InChI=1S/C25H23N3O7/c29-21-9-8-19(23(31)26-21)28-12-17-16(24(28)32)6-3-7-20(17)35-13-22(30)27-10-14-4-1-2-5-15(14)18(11-27)25(33)34/h1-7,18-19H,8-13H2,(H,33,34)(H,26,29,31). The number of fused-ring (bicyclic) bond motifs is 2. The van der Waals surface area contributed by atoms with Crippen molar-refractivity contribution in [2.24, 2.45) is 0 Å². The van der Waals surface area contributed by atoms with Crippen LogP contribution in [0.4, 0.5) is 0 Å². The first-order valence-electron chi connectivity index (χ1n) is 11.3. The summed E-state index contributed by atoms with van der Waals surface area (Å²) in [4.78, 5) is 64.3. The van der Waals surface area contributed by atoms with E-state index in [1.165, 1.54) is 9.80 Å². The lowest BCUT2D eigenvalue weighted by Gasteiger charge is -2.32. The number of amides is 4. The van der Waals surface area contributed by atoms with E-state index < -0.39 is 23.8 Å². The molecule has 5 rings (SSSR count). The van der Waals surface area contributed by atoms with E-state index in [1.54, 1.807) is 36.4 Å². The molecule has 0 spiro atoms. The summed E-state index contributed by atoms with van der Waals surface area (Å²) in [5, 5.41) is 11.9. The number of nitrogens with zero attached hydrogens (tertiary/aromatic N) is 2. The minimum absolute atomic E-state index is 0.0449. The maximum Gasteiger partial charge on any atom is 0.312 e. The molecule has 180 valence electrons. The van der Waals surface area contributed by atoms with Gasteiger partial charge in [0, 0.05) is 30.6 Å². The molecule has 2 unspecified atom stereocenters. The molecule has 1 fully saturated rings. The van der Waals surface area contributed by atoms with E-state index in [1.807, 2.05) is 6.07 Å². The Balaban J connectivity index is 1.29. The molecular weight excluding hydrogens is 454 g/mol. The van der Waals surface area contributed by atoms with Gasteiger partial charge in [-0.05, 0) is 29.7 Å². The summed E-state index contributed by atoms with van der Waals surface area (Å²) in [6.45, 7) is 0.139. The molecule has 4 amide bonds. The van der Waals surface area contributed by atoms with Gasteiger partial charge in [0.05, 0.1) is 12.5 Å². The lowest BCUT2D eigenvalue weighted by molar-refractivity contribution is -0.142. The molecule has 0 radical (unpaired) electrons. The summed E-state index contributed by atoms with van der Waals surface area (Å²) in [6.07, 6.45) is 0.408. The van der Waals surface area contributed by atoms with Gasteiger partial charge in [-0.2, -0.15) is 0 Å². The summed E-state index contributed by atoms with van der Waals surface area (Å²) >= 11 is 0. The van der Waals surface area contributed by atoms with Crippen LogP contribution in [0.3, 0.4) is 0 Å². The first kappa shape index (κ1) is 22.6. The number of carboxylic acids is 1. The van der Waals surface area contributed by atoms with E-state index in [2.05, 4.69) is 5.32 Å². The zero-order valence-electron chi connectivity index (χ0n) is 18.7. The highest BCUT2D eigenvalue weighted by atomic mass is 16.5. The Morgan fingerprint density at radius 2 is 1.86 bits per heavy atom. The second kappa shape index (κ2) is 8.86. The fourth-order valence-corrected chi connectivity index (χ4v) is 4.93. The molecule has 0 saturated carbocycles. The average Bonchev–Trinajstić information content (AvgIpc) is 3.18. The number of hydrogen-bond donors (Lipinski definition) is 2. The topological polar surface area (TPSA) is 133 Å². The van der Waals surface area contributed by atoms with Crippen LogP contribution in [0.1, 0.15) is 45.8 Å². The SMILES string of the molecule is O=C1CCC(N2Cc3c(OCC(=O)N4Cc5ccccc5C(C(=O)O)C4)cccc3C2=O)C(=O)N1. The van der Waals surface area contributed by atoms with Crippen LogP contribution < -0.4 is 10.1 Å². The number of carbonyl (C=O) groups excluding carboxylic acids is 4. The fraction of sp³-hybridized carbons (Fsp3) is 0.320. The molecule has 10 nitrogen and oxygen atoms in total. The van der Waals surface area contributed by atoms with Crippen LogP contribution in [0, 0.1) is 0 Å². The van der Waals surface area contributed by atoms with Crippen LogP contribution in [-0.2, 0) is 32.3 Å². The van der Waals surface area contributed by atoms with E-state index in [9.17, 15) is 29.1 Å². The third-order valence-corrected chi connectivity index (χ3v) is 6.74. The van der Waals surface area contributed by atoms with E-state index >= 15 is 0 Å². The van der Waals surface area contributed by atoms with Crippen molar-refractivity contribution in [2.75, 3.05) is 13.2 Å². The van der Waals surface area contributed by atoms with Crippen molar-refractivity contribution in [3.05, 3.63) is 64.7 Å². The van der Waals surface area contributed by atoms with Gasteiger partial charge >= 0.3 is 5.97 Å². The zero-order valence-corrected chi connectivity index (χ0v) is 18.7. The summed E-state index contributed by atoms with van der Waals surface area (Å²) < 4.78 is 5.80. The minimum Gasteiger partial charge on any atom is -0.483 e. The molecule has 2 atom stereocenters.